The number of amides is 1. The molecule has 2 aromatic rings. The summed E-state index contributed by atoms with van der Waals surface area (Å²) in [7, 11) is 0. The van der Waals surface area contributed by atoms with Crippen LogP contribution in [0.3, 0.4) is 0 Å². The van der Waals surface area contributed by atoms with Crippen LogP contribution < -0.4 is 10.1 Å². The van der Waals surface area contributed by atoms with E-state index in [-0.39, 0.29) is 5.91 Å². The van der Waals surface area contributed by atoms with Crippen LogP contribution in [-0.4, -0.2) is 12.5 Å². The van der Waals surface area contributed by atoms with Crippen LogP contribution in [-0.2, 0) is 4.79 Å². The highest BCUT2D eigenvalue weighted by atomic mass is 16.5. The van der Waals surface area contributed by atoms with E-state index in [1.165, 1.54) is 0 Å². The van der Waals surface area contributed by atoms with Crippen molar-refractivity contribution in [2.24, 2.45) is 0 Å². The van der Waals surface area contributed by atoms with Crippen molar-refractivity contribution in [1.29, 1.82) is 0 Å². The number of unbranched alkanes of at least 4 members (excludes halogenated alkanes) is 1. The summed E-state index contributed by atoms with van der Waals surface area (Å²) >= 11 is 0. The Balaban J connectivity index is 1.92. The largest absolute Gasteiger partial charge is 0.494 e. The molecular formula is C21H25NO2. The van der Waals surface area contributed by atoms with Crippen LogP contribution in [0.25, 0.3) is 6.08 Å². The average molecular weight is 323 g/mol. The monoisotopic (exact) mass is 323 g/mol. The highest BCUT2D eigenvalue weighted by Gasteiger charge is 2.03. The molecule has 0 saturated carbocycles. The smallest absolute Gasteiger partial charge is 0.248 e. The van der Waals surface area contributed by atoms with Crippen LogP contribution in [0.5, 0.6) is 5.75 Å². The zero-order valence-corrected chi connectivity index (χ0v) is 14.6. The summed E-state index contributed by atoms with van der Waals surface area (Å²) in [4.78, 5) is 12.1. The standard InChI is InChI=1S/C21H25NO2/c1-4-5-15-24-19-12-9-18(10-13-19)11-14-21(23)22-20-8-6-7-16(2)17(20)3/h6-14H,4-5,15H2,1-3H3,(H,22,23). The third kappa shape index (κ3) is 5.27. The van der Waals surface area contributed by atoms with Gasteiger partial charge in [0, 0.05) is 11.8 Å². The van der Waals surface area contributed by atoms with Gasteiger partial charge in [0.1, 0.15) is 5.75 Å². The molecule has 2 aromatic carbocycles. The van der Waals surface area contributed by atoms with Crippen LogP contribution in [0.15, 0.2) is 48.5 Å². The average Bonchev–Trinajstić information content (AvgIpc) is 2.58. The van der Waals surface area contributed by atoms with Crippen molar-refractivity contribution >= 4 is 17.7 Å². The van der Waals surface area contributed by atoms with Crippen LogP contribution in [0.1, 0.15) is 36.5 Å². The van der Waals surface area contributed by atoms with E-state index in [9.17, 15) is 4.79 Å². The lowest BCUT2D eigenvalue weighted by Crippen LogP contribution is -2.09. The van der Waals surface area contributed by atoms with Crippen molar-refractivity contribution in [1.82, 2.24) is 0 Å². The molecule has 1 N–H and O–H groups in total. The van der Waals surface area contributed by atoms with E-state index in [1.807, 2.05) is 56.3 Å². The van der Waals surface area contributed by atoms with Crippen LogP contribution >= 0.6 is 0 Å². The number of nitrogens with one attached hydrogen (secondary N) is 1. The van der Waals surface area contributed by atoms with E-state index in [4.69, 9.17) is 4.74 Å². The number of benzene rings is 2. The highest BCUT2D eigenvalue weighted by molar-refractivity contribution is 6.02. The first-order chi connectivity index (χ1) is 11.6. The maximum absolute atomic E-state index is 12.1. The van der Waals surface area contributed by atoms with Gasteiger partial charge in [-0.15, -0.1) is 0 Å². The lowest BCUT2D eigenvalue weighted by molar-refractivity contribution is -0.111. The first-order valence-corrected chi connectivity index (χ1v) is 8.38. The van der Waals surface area contributed by atoms with Gasteiger partial charge in [0.25, 0.3) is 0 Å². The fraction of sp³-hybridized carbons (Fsp3) is 0.286. The summed E-state index contributed by atoms with van der Waals surface area (Å²) < 4.78 is 5.63. The first-order valence-electron chi connectivity index (χ1n) is 8.38. The van der Waals surface area contributed by atoms with Gasteiger partial charge in [0.15, 0.2) is 0 Å². The molecular weight excluding hydrogens is 298 g/mol. The molecule has 0 unspecified atom stereocenters. The number of carbonyl (C=O) groups excluding carboxylic acids is 1. The third-order valence-electron chi connectivity index (χ3n) is 3.94. The zero-order chi connectivity index (χ0) is 17.4. The Morgan fingerprint density at radius 1 is 1.12 bits per heavy atom. The van der Waals surface area contributed by atoms with Crippen LogP contribution in [0.4, 0.5) is 5.69 Å². The molecule has 0 bridgehead atoms. The molecule has 0 aliphatic rings. The number of rotatable bonds is 7. The van der Waals surface area contributed by atoms with Crippen molar-refractivity contribution in [3.8, 4) is 5.75 Å². The van der Waals surface area contributed by atoms with Crippen molar-refractivity contribution in [3.63, 3.8) is 0 Å². The third-order valence-corrected chi connectivity index (χ3v) is 3.94. The van der Waals surface area contributed by atoms with Crippen molar-refractivity contribution in [2.45, 2.75) is 33.6 Å². The van der Waals surface area contributed by atoms with Gasteiger partial charge in [-0.05, 0) is 61.2 Å². The SMILES string of the molecule is CCCCOc1ccc(C=CC(=O)Nc2cccc(C)c2C)cc1. The molecule has 0 saturated heterocycles. The Labute approximate surface area is 144 Å². The number of hydrogen-bond donors (Lipinski definition) is 1. The molecule has 24 heavy (non-hydrogen) atoms. The number of aryl methyl sites for hydroxylation is 1. The van der Waals surface area contributed by atoms with Gasteiger partial charge in [0.05, 0.1) is 6.61 Å². The van der Waals surface area contributed by atoms with Gasteiger partial charge in [-0.1, -0.05) is 37.6 Å². The highest BCUT2D eigenvalue weighted by Crippen LogP contribution is 2.18. The maximum atomic E-state index is 12.1. The second-order valence-electron chi connectivity index (χ2n) is 5.84. The number of hydrogen-bond acceptors (Lipinski definition) is 2. The Bertz CT molecular complexity index is 702. The van der Waals surface area contributed by atoms with Gasteiger partial charge in [-0.2, -0.15) is 0 Å². The summed E-state index contributed by atoms with van der Waals surface area (Å²) in [6, 6.07) is 13.6. The molecule has 0 radical (unpaired) electrons. The van der Waals surface area contributed by atoms with E-state index < -0.39 is 0 Å². The molecule has 0 aliphatic carbocycles. The predicted octanol–water partition coefficient (Wildman–Crippen LogP) is 5.13. The van der Waals surface area contributed by atoms with Gasteiger partial charge >= 0.3 is 0 Å². The Morgan fingerprint density at radius 2 is 1.88 bits per heavy atom. The molecule has 2 rings (SSSR count). The molecule has 126 valence electrons. The summed E-state index contributed by atoms with van der Waals surface area (Å²) in [6.07, 6.45) is 5.53. The molecule has 3 heteroatoms. The second kappa shape index (κ2) is 8.92. The van der Waals surface area contributed by atoms with E-state index in [0.717, 1.165) is 47.6 Å². The summed E-state index contributed by atoms with van der Waals surface area (Å²) in [6.45, 7) is 6.92. The summed E-state index contributed by atoms with van der Waals surface area (Å²) in [5.74, 6) is 0.729. The minimum absolute atomic E-state index is 0.132. The summed E-state index contributed by atoms with van der Waals surface area (Å²) in [5.41, 5.74) is 4.07. The molecule has 0 atom stereocenters. The molecule has 0 heterocycles. The quantitative estimate of drug-likeness (QED) is 0.566. The zero-order valence-electron chi connectivity index (χ0n) is 14.6. The summed E-state index contributed by atoms with van der Waals surface area (Å²) in [5, 5.41) is 2.92. The molecule has 3 nitrogen and oxygen atoms in total. The van der Waals surface area contributed by atoms with Crippen molar-refractivity contribution in [2.75, 3.05) is 11.9 Å². The fourth-order valence-corrected chi connectivity index (χ4v) is 2.24. The van der Waals surface area contributed by atoms with E-state index in [2.05, 4.69) is 12.2 Å². The molecule has 1 amide bonds. The minimum atomic E-state index is -0.132. The molecule has 0 aliphatic heterocycles. The first kappa shape index (κ1) is 17.8. The van der Waals surface area contributed by atoms with Crippen LogP contribution in [0, 0.1) is 13.8 Å². The van der Waals surface area contributed by atoms with Crippen molar-refractivity contribution < 1.29 is 9.53 Å². The fourth-order valence-electron chi connectivity index (χ4n) is 2.24. The minimum Gasteiger partial charge on any atom is -0.494 e. The number of anilines is 1. The maximum Gasteiger partial charge on any atom is 0.248 e. The molecule has 0 aromatic heterocycles. The Hall–Kier alpha value is -2.55. The lowest BCUT2D eigenvalue weighted by atomic mass is 10.1. The van der Waals surface area contributed by atoms with E-state index in [0.29, 0.717) is 0 Å². The van der Waals surface area contributed by atoms with Crippen LogP contribution in [0.2, 0.25) is 0 Å². The van der Waals surface area contributed by atoms with Gasteiger partial charge in [0.2, 0.25) is 5.91 Å². The van der Waals surface area contributed by atoms with E-state index >= 15 is 0 Å². The van der Waals surface area contributed by atoms with Crippen molar-refractivity contribution in [3.05, 3.63) is 65.2 Å². The van der Waals surface area contributed by atoms with Gasteiger partial charge in [-0.25, -0.2) is 0 Å². The number of carbonyl (C=O) groups is 1. The van der Waals surface area contributed by atoms with Gasteiger partial charge < -0.3 is 10.1 Å². The Morgan fingerprint density at radius 3 is 2.58 bits per heavy atom. The molecule has 0 fully saturated rings. The predicted molar refractivity (Wildman–Crippen MR) is 100 cm³/mol. The van der Waals surface area contributed by atoms with E-state index in [1.54, 1.807) is 12.2 Å². The lowest BCUT2D eigenvalue weighted by Gasteiger charge is -2.08. The second-order valence-corrected chi connectivity index (χ2v) is 5.84. The topological polar surface area (TPSA) is 38.3 Å². The normalized spacial score (nSPS) is 10.8. The molecule has 0 spiro atoms. The Kier molecular flexibility index (Phi) is 6.62. The number of ether oxygens (including phenoxy) is 1. The van der Waals surface area contributed by atoms with Gasteiger partial charge in [-0.3, -0.25) is 4.79 Å².